The van der Waals surface area contributed by atoms with Crippen molar-refractivity contribution in [2.24, 2.45) is 0 Å². The Morgan fingerprint density at radius 3 is 2.44 bits per heavy atom. The molecule has 88 valence electrons. The third-order valence-corrected chi connectivity index (χ3v) is 2.62. The zero-order chi connectivity index (χ0) is 12.0. The van der Waals surface area contributed by atoms with Crippen molar-refractivity contribution in [2.75, 3.05) is 13.1 Å². The van der Waals surface area contributed by atoms with E-state index in [2.05, 4.69) is 43.0 Å². The zero-order valence-electron chi connectivity index (χ0n) is 9.94. The first-order valence-corrected chi connectivity index (χ1v) is 5.61. The highest BCUT2D eigenvalue weighted by Crippen LogP contribution is 2.07. The Bertz CT molecular complexity index is 332. The average Bonchev–Trinajstić information content (AvgIpc) is 2.26. The van der Waals surface area contributed by atoms with Crippen LogP contribution in [0.25, 0.3) is 0 Å². The molecule has 1 aromatic carbocycles. The lowest BCUT2D eigenvalue weighted by Gasteiger charge is -2.19. The molecule has 16 heavy (non-hydrogen) atoms. The van der Waals surface area contributed by atoms with Crippen LogP contribution in [0.3, 0.4) is 0 Å². The number of carbonyl (C=O) groups is 1. The van der Waals surface area contributed by atoms with Crippen LogP contribution in [0.1, 0.15) is 24.5 Å². The third kappa shape index (κ3) is 4.45. The maximum atomic E-state index is 10.5. The summed E-state index contributed by atoms with van der Waals surface area (Å²) >= 11 is 0. The third-order valence-electron chi connectivity index (χ3n) is 2.62. The Hall–Kier alpha value is -1.35. The van der Waals surface area contributed by atoms with Gasteiger partial charge in [0.25, 0.3) is 0 Å². The maximum Gasteiger partial charge on any atom is 0.304 e. The molecule has 1 N–H and O–H groups in total. The normalized spacial score (nSPS) is 10.7. The lowest BCUT2D eigenvalue weighted by Crippen LogP contribution is -2.25. The molecule has 0 amide bonds. The number of nitrogens with zero attached hydrogens (tertiary/aromatic N) is 1. The molecule has 0 fully saturated rings. The van der Waals surface area contributed by atoms with E-state index in [0.29, 0.717) is 6.54 Å². The van der Waals surface area contributed by atoms with E-state index in [1.54, 1.807) is 0 Å². The number of carboxylic acids is 1. The predicted molar refractivity (Wildman–Crippen MR) is 64.4 cm³/mol. The molecule has 0 unspecified atom stereocenters. The molecule has 0 heterocycles. The Kier molecular flexibility index (Phi) is 4.99. The predicted octanol–water partition coefficient (Wildman–Crippen LogP) is 2.29. The van der Waals surface area contributed by atoms with Gasteiger partial charge in [-0.3, -0.25) is 9.69 Å². The summed E-state index contributed by atoms with van der Waals surface area (Å²) in [5.41, 5.74) is 2.48. The van der Waals surface area contributed by atoms with Gasteiger partial charge in [-0.15, -0.1) is 0 Å². The van der Waals surface area contributed by atoms with Crippen molar-refractivity contribution in [3.8, 4) is 0 Å². The van der Waals surface area contributed by atoms with Crippen molar-refractivity contribution in [1.29, 1.82) is 0 Å². The number of benzene rings is 1. The van der Waals surface area contributed by atoms with Gasteiger partial charge in [0.05, 0.1) is 6.42 Å². The number of aryl methyl sites for hydroxylation is 1. The van der Waals surface area contributed by atoms with E-state index in [9.17, 15) is 4.79 Å². The Morgan fingerprint density at radius 1 is 1.31 bits per heavy atom. The minimum atomic E-state index is -0.734. The number of hydrogen-bond acceptors (Lipinski definition) is 2. The molecule has 0 saturated heterocycles. The Balaban J connectivity index is 2.49. The van der Waals surface area contributed by atoms with Crippen LogP contribution in [0, 0.1) is 6.92 Å². The molecular formula is C13H19NO2. The van der Waals surface area contributed by atoms with Crippen molar-refractivity contribution in [3.05, 3.63) is 35.4 Å². The van der Waals surface area contributed by atoms with Crippen LogP contribution in [-0.2, 0) is 11.3 Å². The second-order valence-corrected chi connectivity index (χ2v) is 4.00. The molecule has 0 aliphatic rings. The highest BCUT2D eigenvalue weighted by molar-refractivity contribution is 5.66. The fourth-order valence-corrected chi connectivity index (χ4v) is 1.55. The fourth-order valence-electron chi connectivity index (χ4n) is 1.55. The molecule has 0 radical (unpaired) electrons. The lowest BCUT2D eigenvalue weighted by atomic mass is 10.1. The van der Waals surface area contributed by atoms with Gasteiger partial charge in [-0.25, -0.2) is 0 Å². The van der Waals surface area contributed by atoms with Gasteiger partial charge in [-0.1, -0.05) is 36.8 Å². The average molecular weight is 221 g/mol. The van der Waals surface area contributed by atoms with Crippen LogP contribution in [0.4, 0.5) is 0 Å². The highest BCUT2D eigenvalue weighted by atomic mass is 16.4. The number of hydrogen-bond donors (Lipinski definition) is 1. The van der Waals surface area contributed by atoms with Gasteiger partial charge in [0.1, 0.15) is 0 Å². The van der Waals surface area contributed by atoms with E-state index < -0.39 is 5.97 Å². The van der Waals surface area contributed by atoms with Crippen LogP contribution >= 0.6 is 0 Å². The van der Waals surface area contributed by atoms with Crippen LogP contribution in [0.2, 0.25) is 0 Å². The Morgan fingerprint density at radius 2 is 1.94 bits per heavy atom. The second-order valence-electron chi connectivity index (χ2n) is 4.00. The lowest BCUT2D eigenvalue weighted by molar-refractivity contribution is -0.137. The molecule has 1 rings (SSSR count). The summed E-state index contributed by atoms with van der Waals surface area (Å²) in [6.45, 7) is 6.42. The van der Waals surface area contributed by atoms with Gasteiger partial charge in [0.15, 0.2) is 0 Å². The fraction of sp³-hybridized carbons (Fsp3) is 0.462. The standard InChI is InChI=1S/C13H19NO2/c1-3-14(9-8-13(15)16)10-12-6-4-11(2)5-7-12/h4-7H,3,8-10H2,1-2H3,(H,15,16). The van der Waals surface area contributed by atoms with E-state index in [-0.39, 0.29) is 6.42 Å². The molecule has 3 nitrogen and oxygen atoms in total. The molecule has 0 spiro atoms. The first-order chi connectivity index (χ1) is 7.61. The van der Waals surface area contributed by atoms with Crippen molar-refractivity contribution >= 4 is 5.97 Å². The van der Waals surface area contributed by atoms with Gasteiger partial charge in [-0.2, -0.15) is 0 Å². The summed E-state index contributed by atoms with van der Waals surface area (Å²) < 4.78 is 0. The maximum absolute atomic E-state index is 10.5. The topological polar surface area (TPSA) is 40.5 Å². The smallest absolute Gasteiger partial charge is 0.304 e. The number of aliphatic carboxylic acids is 1. The summed E-state index contributed by atoms with van der Waals surface area (Å²) in [7, 11) is 0. The minimum Gasteiger partial charge on any atom is -0.481 e. The van der Waals surface area contributed by atoms with Crippen molar-refractivity contribution < 1.29 is 9.90 Å². The van der Waals surface area contributed by atoms with Crippen molar-refractivity contribution in [1.82, 2.24) is 4.90 Å². The molecule has 0 aromatic heterocycles. The van der Waals surface area contributed by atoms with Gasteiger partial charge in [0, 0.05) is 13.1 Å². The summed E-state index contributed by atoms with van der Waals surface area (Å²) in [4.78, 5) is 12.6. The van der Waals surface area contributed by atoms with Crippen molar-refractivity contribution in [2.45, 2.75) is 26.8 Å². The molecule has 0 aliphatic carbocycles. The van der Waals surface area contributed by atoms with Gasteiger partial charge in [-0.05, 0) is 19.0 Å². The Labute approximate surface area is 96.7 Å². The SMILES string of the molecule is CCN(CCC(=O)O)Cc1ccc(C)cc1. The monoisotopic (exact) mass is 221 g/mol. The van der Waals surface area contributed by atoms with Crippen LogP contribution in [0.15, 0.2) is 24.3 Å². The largest absolute Gasteiger partial charge is 0.481 e. The molecule has 3 heteroatoms. The van der Waals surface area contributed by atoms with E-state index in [0.717, 1.165) is 13.1 Å². The summed E-state index contributed by atoms with van der Waals surface area (Å²) in [5.74, 6) is -0.734. The summed E-state index contributed by atoms with van der Waals surface area (Å²) in [5, 5.41) is 8.63. The minimum absolute atomic E-state index is 0.208. The molecule has 0 bridgehead atoms. The molecular weight excluding hydrogens is 202 g/mol. The summed E-state index contributed by atoms with van der Waals surface area (Å²) in [6.07, 6.45) is 0.208. The van der Waals surface area contributed by atoms with Gasteiger partial charge < -0.3 is 5.11 Å². The first kappa shape index (κ1) is 12.7. The molecule has 1 aromatic rings. The quantitative estimate of drug-likeness (QED) is 0.801. The van der Waals surface area contributed by atoms with Gasteiger partial charge in [0.2, 0.25) is 0 Å². The number of rotatable bonds is 6. The van der Waals surface area contributed by atoms with Crippen LogP contribution < -0.4 is 0 Å². The van der Waals surface area contributed by atoms with Gasteiger partial charge >= 0.3 is 5.97 Å². The second kappa shape index (κ2) is 6.28. The first-order valence-electron chi connectivity index (χ1n) is 5.61. The van der Waals surface area contributed by atoms with E-state index in [1.165, 1.54) is 11.1 Å². The van der Waals surface area contributed by atoms with E-state index in [4.69, 9.17) is 5.11 Å². The highest BCUT2D eigenvalue weighted by Gasteiger charge is 2.05. The van der Waals surface area contributed by atoms with E-state index in [1.807, 2.05) is 0 Å². The zero-order valence-corrected chi connectivity index (χ0v) is 9.94. The molecule has 0 aliphatic heterocycles. The summed E-state index contributed by atoms with van der Waals surface area (Å²) in [6, 6.07) is 8.36. The van der Waals surface area contributed by atoms with Crippen LogP contribution in [-0.4, -0.2) is 29.1 Å². The van der Waals surface area contributed by atoms with Crippen LogP contribution in [0.5, 0.6) is 0 Å². The molecule has 0 atom stereocenters. The number of carboxylic acid groups (broad SMARTS) is 1. The molecule has 0 saturated carbocycles. The van der Waals surface area contributed by atoms with Crippen molar-refractivity contribution in [3.63, 3.8) is 0 Å². The van der Waals surface area contributed by atoms with E-state index >= 15 is 0 Å².